The van der Waals surface area contributed by atoms with E-state index in [1.54, 1.807) is 19.2 Å². The number of aromatic nitrogens is 2. The number of nitrogens with one attached hydrogen (secondary N) is 1. The summed E-state index contributed by atoms with van der Waals surface area (Å²) >= 11 is 12.5. The Kier molecular flexibility index (Phi) is 7.00. The predicted molar refractivity (Wildman–Crippen MR) is 111 cm³/mol. The molecule has 156 valence electrons. The van der Waals surface area contributed by atoms with Crippen LogP contribution in [0.15, 0.2) is 18.2 Å². The number of rotatable bonds is 6. The van der Waals surface area contributed by atoms with Crippen LogP contribution >= 0.6 is 23.2 Å². The van der Waals surface area contributed by atoms with Crippen LogP contribution in [0.2, 0.25) is 10.2 Å². The highest BCUT2D eigenvalue weighted by Crippen LogP contribution is 2.29. The number of hydrogen-bond acceptors (Lipinski definition) is 8. The Morgan fingerprint density at radius 3 is 2.62 bits per heavy atom. The average molecular weight is 441 g/mol. The van der Waals surface area contributed by atoms with E-state index in [-0.39, 0.29) is 22.6 Å². The summed E-state index contributed by atoms with van der Waals surface area (Å²) in [7, 11) is 2.82. The third-order valence-electron chi connectivity index (χ3n) is 4.67. The van der Waals surface area contributed by atoms with Crippen molar-refractivity contribution in [2.24, 2.45) is 0 Å². The molecule has 0 atom stereocenters. The van der Waals surface area contributed by atoms with E-state index < -0.39 is 5.97 Å². The lowest BCUT2D eigenvalue weighted by molar-refractivity contribution is 0.0601. The van der Waals surface area contributed by atoms with Crippen LogP contribution in [0.4, 0.5) is 11.8 Å². The van der Waals surface area contributed by atoms with Crippen LogP contribution in [0.5, 0.6) is 5.75 Å². The third-order valence-corrected chi connectivity index (χ3v) is 5.23. The van der Waals surface area contributed by atoms with Crippen LogP contribution in [0.1, 0.15) is 28.8 Å². The lowest BCUT2D eigenvalue weighted by Gasteiger charge is -2.30. The summed E-state index contributed by atoms with van der Waals surface area (Å²) < 4.78 is 9.99. The van der Waals surface area contributed by atoms with Gasteiger partial charge in [0.2, 0.25) is 5.95 Å². The summed E-state index contributed by atoms with van der Waals surface area (Å²) in [4.78, 5) is 22.9. The zero-order valence-corrected chi connectivity index (χ0v) is 17.6. The number of carbonyl (C=O) groups excluding carboxylic acids is 1. The molecule has 0 saturated carbocycles. The Balaban J connectivity index is 1.87. The van der Waals surface area contributed by atoms with Gasteiger partial charge in [0.05, 0.1) is 25.3 Å². The molecule has 0 radical (unpaired) electrons. The van der Waals surface area contributed by atoms with E-state index in [1.165, 1.54) is 7.11 Å². The van der Waals surface area contributed by atoms with Crippen LogP contribution in [0, 0.1) is 0 Å². The molecule has 1 aromatic heterocycles. The van der Waals surface area contributed by atoms with Gasteiger partial charge < -0.3 is 24.8 Å². The van der Waals surface area contributed by atoms with Gasteiger partial charge in [-0.15, -0.1) is 0 Å². The first-order valence-corrected chi connectivity index (χ1v) is 9.83. The van der Waals surface area contributed by atoms with Gasteiger partial charge in [0.15, 0.2) is 5.15 Å². The predicted octanol–water partition coefficient (Wildman–Crippen LogP) is 3.15. The minimum absolute atomic E-state index is 0.00300. The molecule has 8 nitrogen and oxygen atoms in total. The number of ether oxygens (including phenoxy) is 2. The second kappa shape index (κ2) is 9.47. The lowest BCUT2D eigenvalue weighted by atomic mass is 10.1. The number of halogens is 2. The van der Waals surface area contributed by atoms with Crippen molar-refractivity contribution in [3.63, 3.8) is 0 Å². The molecular weight excluding hydrogens is 419 g/mol. The van der Waals surface area contributed by atoms with Crippen LogP contribution in [-0.2, 0) is 11.3 Å². The van der Waals surface area contributed by atoms with Crippen molar-refractivity contribution in [3.8, 4) is 5.75 Å². The second-order valence-corrected chi connectivity index (χ2v) is 7.34. The number of piperidine rings is 1. The molecule has 2 heterocycles. The zero-order chi connectivity index (χ0) is 21.0. The Hall–Kier alpha value is -2.29. The molecule has 0 unspecified atom stereocenters. The number of methoxy groups -OCH3 is 2. The fraction of sp³-hybridized carbons (Fsp3) is 0.421. The third kappa shape index (κ3) is 5.01. The standard InChI is InChI=1S/C19H22Cl2N4O4/c1-28-14-4-3-11(9-13(14)20)10-22-17-15(18(27)29-2)16(21)23-19(24-17)25-7-5-12(26)6-8-25/h3-4,9,12,26H,5-8,10H2,1-2H3,(H,22,23,24). The topological polar surface area (TPSA) is 96.8 Å². The Morgan fingerprint density at radius 1 is 1.28 bits per heavy atom. The summed E-state index contributed by atoms with van der Waals surface area (Å²) in [5.74, 6) is 0.603. The lowest BCUT2D eigenvalue weighted by Crippen LogP contribution is -2.37. The zero-order valence-electron chi connectivity index (χ0n) is 16.1. The number of carbonyl (C=O) groups is 1. The number of nitrogens with zero attached hydrogens (tertiary/aromatic N) is 3. The van der Waals surface area contributed by atoms with E-state index in [2.05, 4.69) is 15.3 Å². The van der Waals surface area contributed by atoms with E-state index in [0.29, 0.717) is 49.2 Å². The summed E-state index contributed by atoms with van der Waals surface area (Å²) in [6, 6.07) is 5.38. The van der Waals surface area contributed by atoms with E-state index in [9.17, 15) is 9.90 Å². The molecule has 0 aliphatic carbocycles. The van der Waals surface area contributed by atoms with E-state index in [4.69, 9.17) is 32.7 Å². The Bertz CT molecular complexity index is 889. The second-order valence-electron chi connectivity index (χ2n) is 6.57. The van der Waals surface area contributed by atoms with E-state index in [1.807, 2.05) is 11.0 Å². The first kappa shape index (κ1) is 21.4. The van der Waals surface area contributed by atoms with E-state index in [0.717, 1.165) is 5.56 Å². The Labute approximate surface area is 178 Å². The molecule has 1 saturated heterocycles. The van der Waals surface area contributed by atoms with Gasteiger partial charge in [0, 0.05) is 19.6 Å². The van der Waals surface area contributed by atoms with Gasteiger partial charge in [-0.3, -0.25) is 0 Å². The molecule has 1 aliphatic rings. The first-order valence-electron chi connectivity index (χ1n) is 9.08. The van der Waals surface area contributed by atoms with Crippen molar-refractivity contribution in [1.82, 2.24) is 9.97 Å². The maximum absolute atomic E-state index is 12.2. The van der Waals surface area contributed by atoms with Crippen LogP contribution < -0.4 is 15.0 Å². The van der Waals surface area contributed by atoms with Gasteiger partial charge in [0.1, 0.15) is 17.1 Å². The van der Waals surface area contributed by atoms with Crippen molar-refractivity contribution in [1.29, 1.82) is 0 Å². The molecule has 2 N–H and O–H groups in total. The molecule has 2 aromatic rings. The molecule has 29 heavy (non-hydrogen) atoms. The average Bonchev–Trinajstić information content (AvgIpc) is 2.72. The smallest absolute Gasteiger partial charge is 0.344 e. The van der Waals surface area contributed by atoms with Crippen molar-refractivity contribution in [2.45, 2.75) is 25.5 Å². The maximum atomic E-state index is 12.2. The number of aliphatic hydroxyl groups is 1. The van der Waals surface area contributed by atoms with Gasteiger partial charge in [-0.1, -0.05) is 29.3 Å². The normalized spacial score (nSPS) is 14.6. The summed E-state index contributed by atoms with van der Waals surface area (Å²) in [6.07, 6.45) is 0.910. The monoisotopic (exact) mass is 440 g/mol. The SMILES string of the molecule is COC(=O)c1c(Cl)nc(N2CCC(O)CC2)nc1NCc1ccc(OC)c(Cl)c1. The molecule has 1 fully saturated rings. The van der Waals surface area contributed by atoms with Crippen LogP contribution in [0.3, 0.4) is 0 Å². The fourth-order valence-electron chi connectivity index (χ4n) is 3.05. The first-order chi connectivity index (χ1) is 13.9. The van der Waals surface area contributed by atoms with Crippen molar-refractivity contribution < 1.29 is 19.4 Å². The number of esters is 1. The van der Waals surface area contributed by atoms with Gasteiger partial charge in [-0.2, -0.15) is 9.97 Å². The van der Waals surface area contributed by atoms with Crippen LogP contribution in [0.25, 0.3) is 0 Å². The molecular formula is C19H22Cl2N4O4. The fourth-order valence-corrected chi connectivity index (χ4v) is 3.57. The summed E-state index contributed by atoms with van der Waals surface area (Å²) in [5.41, 5.74) is 0.929. The quantitative estimate of drug-likeness (QED) is 0.522. The number of aliphatic hydroxyl groups excluding tert-OH is 1. The van der Waals surface area contributed by atoms with E-state index >= 15 is 0 Å². The Morgan fingerprint density at radius 2 is 2.00 bits per heavy atom. The molecule has 0 spiro atoms. The molecule has 1 aliphatic heterocycles. The molecule has 3 rings (SSSR count). The van der Waals surface area contributed by atoms with Gasteiger partial charge in [0.25, 0.3) is 0 Å². The number of anilines is 2. The highest BCUT2D eigenvalue weighted by molar-refractivity contribution is 6.33. The number of benzene rings is 1. The van der Waals surface area contributed by atoms with Gasteiger partial charge in [-0.05, 0) is 30.5 Å². The molecule has 10 heteroatoms. The highest BCUT2D eigenvalue weighted by atomic mass is 35.5. The summed E-state index contributed by atoms with van der Waals surface area (Å²) in [5, 5.41) is 13.3. The molecule has 1 aromatic carbocycles. The number of hydrogen-bond donors (Lipinski definition) is 2. The van der Waals surface area contributed by atoms with Crippen molar-refractivity contribution >= 4 is 40.9 Å². The molecule has 0 bridgehead atoms. The van der Waals surface area contributed by atoms with Gasteiger partial charge in [-0.25, -0.2) is 4.79 Å². The largest absolute Gasteiger partial charge is 0.495 e. The maximum Gasteiger partial charge on any atom is 0.344 e. The minimum Gasteiger partial charge on any atom is -0.495 e. The minimum atomic E-state index is -0.633. The summed E-state index contributed by atoms with van der Waals surface area (Å²) in [6.45, 7) is 1.55. The molecule has 0 amide bonds. The van der Waals surface area contributed by atoms with Crippen molar-refractivity contribution in [2.75, 3.05) is 37.5 Å². The van der Waals surface area contributed by atoms with Gasteiger partial charge >= 0.3 is 5.97 Å². The highest BCUT2D eigenvalue weighted by Gasteiger charge is 2.25. The van der Waals surface area contributed by atoms with Crippen molar-refractivity contribution in [3.05, 3.63) is 39.5 Å². The van der Waals surface area contributed by atoms with Crippen LogP contribution in [-0.4, -0.2) is 54.5 Å².